The lowest BCUT2D eigenvalue weighted by atomic mass is 10.0. The lowest BCUT2D eigenvalue weighted by Gasteiger charge is -2.20. The number of furan rings is 1. The zero-order valence-corrected chi connectivity index (χ0v) is 17.3. The van der Waals surface area contributed by atoms with Crippen molar-refractivity contribution >= 4 is 17.6 Å². The van der Waals surface area contributed by atoms with Gasteiger partial charge in [0, 0.05) is 6.42 Å². The summed E-state index contributed by atoms with van der Waals surface area (Å²) in [4.78, 5) is 24.7. The van der Waals surface area contributed by atoms with Gasteiger partial charge in [-0.1, -0.05) is 35.9 Å². The average molecular weight is 418 g/mol. The van der Waals surface area contributed by atoms with Crippen LogP contribution in [0, 0.1) is 6.92 Å². The molecule has 0 N–H and O–H groups in total. The van der Waals surface area contributed by atoms with Crippen LogP contribution >= 0.6 is 0 Å². The smallest absolute Gasteiger partial charge is 0.337 e. The molecule has 2 aromatic carbocycles. The molecule has 0 saturated heterocycles. The van der Waals surface area contributed by atoms with Crippen LogP contribution in [0.3, 0.4) is 0 Å². The van der Waals surface area contributed by atoms with E-state index >= 15 is 0 Å². The maximum absolute atomic E-state index is 13.0. The Kier molecular flexibility index (Phi) is 5.84. The minimum atomic E-state index is -0.471. The Hall–Kier alpha value is -3.87. The lowest BCUT2D eigenvalue weighted by molar-refractivity contribution is -0.135. The van der Waals surface area contributed by atoms with Gasteiger partial charge in [-0.2, -0.15) is 5.10 Å². The van der Waals surface area contributed by atoms with E-state index in [-0.39, 0.29) is 18.6 Å². The van der Waals surface area contributed by atoms with Crippen LogP contribution in [0.4, 0.5) is 0 Å². The summed E-state index contributed by atoms with van der Waals surface area (Å²) in [5, 5.41) is 6.00. The van der Waals surface area contributed by atoms with Crippen LogP contribution in [0.5, 0.6) is 5.75 Å². The number of carbonyl (C=O) groups excluding carboxylic acids is 2. The molecule has 0 fully saturated rings. The Morgan fingerprint density at radius 2 is 1.94 bits per heavy atom. The quantitative estimate of drug-likeness (QED) is 0.562. The highest BCUT2D eigenvalue weighted by molar-refractivity contribution is 6.03. The molecule has 0 bridgehead atoms. The molecule has 1 aliphatic rings. The molecule has 3 aromatic rings. The van der Waals surface area contributed by atoms with Crippen LogP contribution < -0.4 is 4.74 Å². The van der Waals surface area contributed by atoms with Crippen molar-refractivity contribution in [1.29, 1.82) is 0 Å². The van der Waals surface area contributed by atoms with Gasteiger partial charge in [-0.25, -0.2) is 9.80 Å². The van der Waals surface area contributed by atoms with Crippen LogP contribution in [-0.4, -0.2) is 36.3 Å². The van der Waals surface area contributed by atoms with Crippen molar-refractivity contribution < 1.29 is 23.5 Å². The number of ether oxygens (including phenoxy) is 2. The molecular formula is C24H22N2O5. The van der Waals surface area contributed by atoms with Gasteiger partial charge in [-0.15, -0.1) is 0 Å². The van der Waals surface area contributed by atoms with Crippen LogP contribution in [0.25, 0.3) is 0 Å². The summed E-state index contributed by atoms with van der Waals surface area (Å²) in [7, 11) is 1.31. The molecule has 7 nitrogen and oxygen atoms in total. The summed E-state index contributed by atoms with van der Waals surface area (Å²) in [6.07, 6.45) is 2.12. The number of hydrazone groups is 1. The number of nitrogens with zero attached hydrogens (tertiary/aromatic N) is 2. The first kappa shape index (κ1) is 20.4. The monoisotopic (exact) mass is 418 g/mol. The molecule has 0 saturated carbocycles. The van der Waals surface area contributed by atoms with Crippen molar-refractivity contribution in [2.45, 2.75) is 19.4 Å². The topological polar surface area (TPSA) is 81.3 Å². The average Bonchev–Trinajstić information content (AvgIpc) is 3.47. The standard InChI is InChI=1S/C24H22N2O5/c1-16-8-10-17(11-9-16)20-14-21(22-7-4-12-30-22)26(25-20)23(27)15-31-19-6-3-5-18(13-19)24(28)29-2/h3-13,21H,14-15H2,1-2H3/t21-/m1/s1. The molecule has 0 radical (unpaired) electrons. The van der Waals surface area contributed by atoms with Crippen LogP contribution in [0.15, 0.2) is 76.4 Å². The molecule has 7 heteroatoms. The van der Waals surface area contributed by atoms with Gasteiger partial charge < -0.3 is 13.9 Å². The summed E-state index contributed by atoms with van der Waals surface area (Å²) in [6.45, 7) is 1.79. The van der Waals surface area contributed by atoms with Crippen molar-refractivity contribution in [3.63, 3.8) is 0 Å². The van der Waals surface area contributed by atoms with E-state index in [9.17, 15) is 9.59 Å². The summed E-state index contributed by atoms with van der Waals surface area (Å²) >= 11 is 0. The number of rotatable bonds is 6. The van der Waals surface area contributed by atoms with E-state index in [1.165, 1.54) is 18.2 Å². The number of hydrogen-bond acceptors (Lipinski definition) is 6. The highest BCUT2D eigenvalue weighted by atomic mass is 16.5. The number of esters is 1. The summed E-state index contributed by atoms with van der Waals surface area (Å²) < 4.78 is 15.9. The van der Waals surface area contributed by atoms with Crippen molar-refractivity contribution in [2.24, 2.45) is 5.10 Å². The molecule has 4 rings (SSSR count). The SMILES string of the molecule is COC(=O)c1cccc(OCC(=O)N2N=C(c3ccc(C)cc3)C[C@@H]2c2ccco2)c1. The van der Waals surface area contributed by atoms with Gasteiger partial charge in [0.05, 0.1) is 24.6 Å². The van der Waals surface area contributed by atoms with Gasteiger partial charge in [-0.05, 0) is 42.8 Å². The van der Waals surface area contributed by atoms with E-state index in [4.69, 9.17) is 13.9 Å². The number of aryl methyl sites for hydroxylation is 1. The van der Waals surface area contributed by atoms with Crippen molar-refractivity contribution in [3.05, 3.63) is 89.4 Å². The maximum Gasteiger partial charge on any atom is 0.337 e. The minimum absolute atomic E-state index is 0.230. The summed E-state index contributed by atoms with van der Waals surface area (Å²) in [5.74, 6) is 0.271. The molecule has 0 aliphatic carbocycles. The molecule has 1 amide bonds. The van der Waals surface area contributed by atoms with E-state index in [1.807, 2.05) is 37.3 Å². The van der Waals surface area contributed by atoms with Crippen LogP contribution in [0.2, 0.25) is 0 Å². The highest BCUT2D eigenvalue weighted by Gasteiger charge is 2.35. The molecule has 1 aromatic heterocycles. The molecule has 158 valence electrons. The third-order valence-corrected chi connectivity index (χ3v) is 5.04. The van der Waals surface area contributed by atoms with E-state index in [0.717, 1.165) is 16.8 Å². The predicted molar refractivity (Wildman–Crippen MR) is 114 cm³/mol. The summed E-state index contributed by atoms with van der Waals surface area (Å²) in [5.41, 5.74) is 3.27. The van der Waals surface area contributed by atoms with E-state index in [0.29, 0.717) is 23.5 Å². The molecule has 2 heterocycles. The predicted octanol–water partition coefficient (Wildman–Crippen LogP) is 4.13. The van der Waals surface area contributed by atoms with Crippen molar-refractivity contribution in [2.75, 3.05) is 13.7 Å². The number of benzene rings is 2. The third-order valence-electron chi connectivity index (χ3n) is 5.04. The molecule has 0 spiro atoms. The van der Waals surface area contributed by atoms with Crippen molar-refractivity contribution in [1.82, 2.24) is 5.01 Å². The minimum Gasteiger partial charge on any atom is -0.484 e. The van der Waals surface area contributed by atoms with Crippen LogP contribution in [-0.2, 0) is 9.53 Å². The Labute approximate surface area is 179 Å². The Bertz CT molecular complexity index is 1100. The highest BCUT2D eigenvalue weighted by Crippen LogP contribution is 2.33. The molecule has 0 unspecified atom stereocenters. The molecule has 31 heavy (non-hydrogen) atoms. The zero-order chi connectivity index (χ0) is 21.8. The molecule has 1 atom stereocenters. The summed E-state index contributed by atoms with van der Waals surface area (Å²) in [6, 6.07) is 17.8. The number of hydrogen-bond donors (Lipinski definition) is 0. The third kappa shape index (κ3) is 4.50. The first-order valence-corrected chi connectivity index (χ1v) is 9.86. The zero-order valence-electron chi connectivity index (χ0n) is 17.3. The largest absolute Gasteiger partial charge is 0.484 e. The van der Waals surface area contributed by atoms with Gasteiger partial charge in [0.25, 0.3) is 5.91 Å². The van der Waals surface area contributed by atoms with Gasteiger partial charge >= 0.3 is 5.97 Å². The van der Waals surface area contributed by atoms with Gasteiger partial charge in [0.2, 0.25) is 0 Å². The number of amides is 1. The van der Waals surface area contributed by atoms with Gasteiger partial charge in [-0.3, -0.25) is 4.79 Å². The number of methoxy groups -OCH3 is 1. The first-order chi connectivity index (χ1) is 15.0. The fraction of sp³-hybridized carbons (Fsp3) is 0.208. The van der Waals surface area contributed by atoms with Crippen LogP contribution in [0.1, 0.15) is 39.7 Å². The lowest BCUT2D eigenvalue weighted by Crippen LogP contribution is -2.31. The Balaban J connectivity index is 1.52. The van der Waals surface area contributed by atoms with Gasteiger partial charge in [0.1, 0.15) is 17.6 Å². The Morgan fingerprint density at radius 3 is 2.65 bits per heavy atom. The second kappa shape index (κ2) is 8.87. The first-order valence-electron chi connectivity index (χ1n) is 9.86. The molecular weight excluding hydrogens is 396 g/mol. The van der Waals surface area contributed by atoms with E-state index in [2.05, 4.69) is 5.10 Å². The number of carbonyl (C=O) groups is 2. The second-order valence-electron chi connectivity index (χ2n) is 7.19. The maximum atomic E-state index is 13.0. The Morgan fingerprint density at radius 1 is 1.13 bits per heavy atom. The van der Waals surface area contributed by atoms with E-state index in [1.54, 1.807) is 30.5 Å². The van der Waals surface area contributed by atoms with E-state index < -0.39 is 5.97 Å². The molecule has 1 aliphatic heterocycles. The normalized spacial score (nSPS) is 15.5. The van der Waals surface area contributed by atoms with Gasteiger partial charge in [0.15, 0.2) is 6.61 Å². The fourth-order valence-corrected chi connectivity index (χ4v) is 3.41. The second-order valence-corrected chi connectivity index (χ2v) is 7.19. The fourth-order valence-electron chi connectivity index (χ4n) is 3.41. The van der Waals surface area contributed by atoms with Crippen molar-refractivity contribution in [3.8, 4) is 5.75 Å².